The standard InChI is InChI=1S/C14H20N2O2/c1-10-5-3-6-11(2)16(10)15-13-8-4-7-12(9-13)14(17)18/h4,7-11,15H,3,5-6H2,1-2H3,(H,17,18). The number of carboxylic acids is 1. The molecule has 4 heteroatoms. The van der Waals surface area contributed by atoms with E-state index < -0.39 is 5.97 Å². The third-order valence-corrected chi connectivity index (χ3v) is 3.56. The van der Waals surface area contributed by atoms with E-state index in [2.05, 4.69) is 24.3 Å². The Bertz CT molecular complexity index is 424. The van der Waals surface area contributed by atoms with Crippen LogP contribution in [0.3, 0.4) is 0 Å². The summed E-state index contributed by atoms with van der Waals surface area (Å²) in [5, 5.41) is 11.2. The number of hydrazine groups is 1. The number of benzene rings is 1. The molecule has 2 atom stereocenters. The summed E-state index contributed by atoms with van der Waals surface area (Å²) in [5.41, 5.74) is 4.51. The maximum absolute atomic E-state index is 10.9. The summed E-state index contributed by atoms with van der Waals surface area (Å²) in [5.74, 6) is -0.890. The average Bonchev–Trinajstić information content (AvgIpc) is 2.34. The van der Waals surface area contributed by atoms with Gasteiger partial charge in [-0.2, -0.15) is 0 Å². The second kappa shape index (κ2) is 5.40. The predicted molar refractivity (Wildman–Crippen MR) is 71.6 cm³/mol. The normalized spacial score (nSPS) is 24.8. The number of rotatable bonds is 3. The summed E-state index contributed by atoms with van der Waals surface area (Å²) in [6.07, 6.45) is 3.61. The zero-order valence-corrected chi connectivity index (χ0v) is 10.9. The fraction of sp³-hybridized carbons (Fsp3) is 0.500. The Morgan fingerprint density at radius 3 is 2.61 bits per heavy atom. The van der Waals surface area contributed by atoms with Crippen molar-refractivity contribution in [1.29, 1.82) is 0 Å². The van der Waals surface area contributed by atoms with Gasteiger partial charge in [0.05, 0.1) is 5.56 Å². The molecular formula is C14H20N2O2. The zero-order chi connectivity index (χ0) is 13.1. The molecule has 0 bridgehead atoms. The molecule has 0 aliphatic carbocycles. The first-order chi connectivity index (χ1) is 8.58. The largest absolute Gasteiger partial charge is 0.478 e. The van der Waals surface area contributed by atoms with Crippen LogP contribution in [0, 0.1) is 0 Å². The van der Waals surface area contributed by atoms with Crippen LogP contribution in [0.1, 0.15) is 43.5 Å². The molecular weight excluding hydrogens is 228 g/mol. The number of nitrogens with zero attached hydrogens (tertiary/aromatic N) is 1. The smallest absolute Gasteiger partial charge is 0.335 e. The highest BCUT2D eigenvalue weighted by molar-refractivity contribution is 5.88. The van der Waals surface area contributed by atoms with Gasteiger partial charge in [0.15, 0.2) is 0 Å². The molecule has 1 aromatic carbocycles. The van der Waals surface area contributed by atoms with Gasteiger partial charge >= 0.3 is 5.97 Å². The number of nitrogens with one attached hydrogen (secondary N) is 1. The summed E-state index contributed by atoms with van der Waals surface area (Å²) in [7, 11) is 0. The van der Waals surface area contributed by atoms with E-state index in [1.54, 1.807) is 18.2 Å². The molecule has 2 N–H and O–H groups in total. The molecule has 1 aromatic rings. The van der Waals surface area contributed by atoms with Crippen LogP contribution in [0.25, 0.3) is 0 Å². The Morgan fingerprint density at radius 2 is 2.00 bits per heavy atom. The molecule has 0 spiro atoms. The molecule has 0 saturated carbocycles. The second-order valence-corrected chi connectivity index (χ2v) is 5.03. The molecule has 98 valence electrons. The van der Waals surface area contributed by atoms with Crippen molar-refractivity contribution in [3.05, 3.63) is 29.8 Å². The molecule has 18 heavy (non-hydrogen) atoms. The lowest BCUT2D eigenvalue weighted by molar-refractivity contribution is 0.0697. The lowest BCUT2D eigenvalue weighted by atomic mass is 10.00. The highest BCUT2D eigenvalue weighted by Gasteiger charge is 2.24. The average molecular weight is 248 g/mol. The Hall–Kier alpha value is -1.55. The van der Waals surface area contributed by atoms with Crippen LogP contribution < -0.4 is 5.43 Å². The molecule has 0 aromatic heterocycles. The van der Waals surface area contributed by atoms with Gasteiger partial charge in [-0.1, -0.05) is 12.5 Å². The molecule has 1 aliphatic rings. The molecule has 1 heterocycles. The maximum atomic E-state index is 10.9. The van der Waals surface area contributed by atoms with E-state index in [0.717, 1.165) is 5.69 Å². The third-order valence-electron chi connectivity index (χ3n) is 3.56. The highest BCUT2D eigenvalue weighted by atomic mass is 16.4. The van der Waals surface area contributed by atoms with Crippen LogP contribution in [0.5, 0.6) is 0 Å². The zero-order valence-electron chi connectivity index (χ0n) is 10.9. The molecule has 1 aliphatic heterocycles. The summed E-state index contributed by atoms with van der Waals surface area (Å²) < 4.78 is 0. The van der Waals surface area contributed by atoms with Gasteiger partial charge in [-0.15, -0.1) is 0 Å². The van der Waals surface area contributed by atoms with E-state index in [1.165, 1.54) is 19.3 Å². The number of piperidine rings is 1. The molecule has 1 saturated heterocycles. The lowest BCUT2D eigenvalue weighted by Gasteiger charge is -2.39. The van der Waals surface area contributed by atoms with E-state index >= 15 is 0 Å². The van der Waals surface area contributed by atoms with Crippen molar-refractivity contribution in [2.75, 3.05) is 5.43 Å². The number of anilines is 1. The summed E-state index contributed by atoms with van der Waals surface area (Å²) in [6, 6.07) is 7.91. The van der Waals surface area contributed by atoms with Crippen molar-refractivity contribution in [3.8, 4) is 0 Å². The number of carboxylic acid groups (broad SMARTS) is 1. The quantitative estimate of drug-likeness (QED) is 0.863. The molecule has 0 amide bonds. The van der Waals surface area contributed by atoms with E-state index in [0.29, 0.717) is 17.6 Å². The number of hydrogen-bond donors (Lipinski definition) is 2. The first kappa shape index (κ1) is 12.9. The molecule has 2 rings (SSSR count). The molecule has 1 fully saturated rings. The minimum absolute atomic E-state index is 0.317. The van der Waals surface area contributed by atoms with Crippen molar-refractivity contribution >= 4 is 11.7 Å². The highest BCUT2D eigenvalue weighted by Crippen LogP contribution is 2.23. The van der Waals surface area contributed by atoms with Crippen molar-refractivity contribution < 1.29 is 9.90 Å². The van der Waals surface area contributed by atoms with Crippen molar-refractivity contribution in [1.82, 2.24) is 5.01 Å². The van der Waals surface area contributed by atoms with Crippen molar-refractivity contribution in [2.24, 2.45) is 0 Å². The van der Waals surface area contributed by atoms with Gasteiger partial charge in [0.25, 0.3) is 0 Å². The Morgan fingerprint density at radius 1 is 1.33 bits per heavy atom. The maximum Gasteiger partial charge on any atom is 0.335 e. The Kier molecular flexibility index (Phi) is 3.87. The van der Waals surface area contributed by atoms with Crippen LogP contribution in [0.4, 0.5) is 5.69 Å². The Labute approximate surface area is 108 Å². The van der Waals surface area contributed by atoms with E-state index in [1.807, 2.05) is 6.07 Å². The predicted octanol–water partition coefficient (Wildman–Crippen LogP) is 2.97. The fourth-order valence-electron chi connectivity index (χ4n) is 2.51. The minimum Gasteiger partial charge on any atom is -0.478 e. The van der Waals surface area contributed by atoms with Gasteiger partial charge < -0.3 is 10.5 Å². The summed E-state index contributed by atoms with van der Waals surface area (Å²) in [6.45, 7) is 4.40. The minimum atomic E-state index is -0.890. The van der Waals surface area contributed by atoms with Gasteiger partial charge in [0, 0.05) is 17.8 Å². The molecule has 2 unspecified atom stereocenters. The van der Waals surface area contributed by atoms with Crippen LogP contribution in [-0.4, -0.2) is 28.2 Å². The van der Waals surface area contributed by atoms with Crippen LogP contribution >= 0.6 is 0 Å². The van der Waals surface area contributed by atoms with Gasteiger partial charge in [-0.05, 0) is 44.9 Å². The van der Waals surface area contributed by atoms with Gasteiger partial charge in [-0.25, -0.2) is 9.80 Å². The summed E-state index contributed by atoms with van der Waals surface area (Å²) in [4.78, 5) is 10.9. The first-order valence-corrected chi connectivity index (χ1v) is 6.46. The second-order valence-electron chi connectivity index (χ2n) is 5.03. The van der Waals surface area contributed by atoms with E-state index in [4.69, 9.17) is 5.11 Å². The van der Waals surface area contributed by atoms with Crippen LogP contribution in [0.15, 0.2) is 24.3 Å². The third kappa shape index (κ3) is 2.82. The topological polar surface area (TPSA) is 52.6 Å². The number of carbonyl (C=O) groups is 1. The summed E-state index contributed by atoms with van der Waals surface area (Å²) >= 11 is 0. The monoisotopic (exact) mass is 248 g/mol. The Balaban J connectivity index is 2.12. The SMILES string of the molecule is CC1CCCC(C)N1Nc1cccc(C(=O)O)c1. The van der Waals surface area contributed by atoms with Crippen molar-refractivity contribution in [3.63, 3.8) is 0 Å². The molecule has 4 nitrogen and oxygen atoms in total. The van der Waals surface area contributed by atoms with E-state index in [9.17, 15) is 4.79 Å². The van der Waals surface area contributed by atoms with Gasteiger partial charge in [0.1, 0.15) is 0 Å². The molecule has 0 radical (unpaired) electrons. The van der Waals surface area contributed by atoms with Gasteiger partial charge in [-0.3, -0.25) is 0 Å². The number of hydrogen-bond acceptors (Lipinski definition) is 3. The fourth-order valence-corrected chi connectivity index (χ4v) is 2.51. The van der Waals surface area contributed by atoms with Gasteiger partial charge in [0.2, 0.25) is 0 Å². The number of aromatic carboxylic acids is 1. The van der Waals surface area contributed by atoms with Crippen LogP contribution in [-0.2, 0) is 0 Å². The first-order valence-electron chi connectivity index (χ1n) is 6.46. The van der Waals surface area contributed by atoms with E-state index in [-0.39, 0.29) is 0 Å². The van der Waals surface area contributed by atoms with Crippen LogP contribution in [0.2, 0.25) is 0 Å². The van der Waals surface area contributed by atoms with Crippen molar-refractivity contribution in [2.45, 2.75) is 45.2 Å². The lowest BCUT2D eigenvalue weighted by Crippen LogP contribution is -2.47.